The number of halogens is 1. The molecule has 0 saturated heterocycles. The molecule has 0 spiro atoms. The van der Waals surface area contributed by atoms with Gasteiger partial charge in [0.15, 0.2) is 0 Å². The van der Waals surface area contributed by atoms with E-state index >= 15 is 0 Å². The Kier molecular flexibility index (Phi) is 5.11. The second-order valence-electron chi connectivity index (χ2n) is 5.70. The van der Waals surface area contributed by atoms with E-state index in [1.165, 1.54) is 21.7 Å². The molecule has 0 unspecified atom stereocenters. The maximum Gasteiger partial charge on any atom is 0.315 e. The molecule has 0 fully saturated rings. The summed E-state index contributed by atoms with van der Waals surface area (Å²) >= 11 is 1.72. The number of nitrogens with one attached hydrogen (secondary N) is 2. The second kappa shape index (κ2) is 7.45. The number of benzene rings is 2. The molecule has 0 saturated carbocycles. The molecule has 0 aliphatic carbocycles. The molecule has 0 atom stereocenters. The molecule has 2 amide bonds. The van der Waals surface area contributed by atoms with Crippen LogP contribution in [0.4, 0.5) is 9.18 Å². The van der Waals surface area contributed by atoms with Gasteiger partial charge in [-0.2, -0.15) is 0 Å². The molecule has 0 aliphatic rings. The molecule has 3 rings (SSSR count). The van der Waals surface area contributed by atoms with E-state index in [2.05, 4.69) is 28.1 Å². The van der Waals surface area contributed by atoms with Gasteiger partial charge in [0.1, 0.15) is 5.82 Å². The third-order valence-electron chi connectivity index (χ3n) is 3.93. The normalized spacial score (nSPS) is 10.8. The smallest absolute Gasteiger partial charge is 0.315 e. The fourth-order valence-electron chi connectivity index (χ4n) is 2.53. The summed E-state index contributed by atoms with van der Waals surface area (Å²) in [5.74, 6) is -0.251. The molecule has 0 aliphatic heterocycles. The number of carbonyl (C=O) groups is 1. The molecule has 0 radical (unpaired) electrons. The highest BCUT2D eigenvalue weighted by atomic mass is 32.1. The summed E-state index contributed by atoms with van der Waals surface area (Å²) in [6.07, 6.45) is 0.788. The van der Waals surface area contributed by atoms with E-state index in [1.54, 1.807) is 24.3 Å². The van der Waals surface area contributed by atoms with Crippen molar-refractivity contribution in [2.24, 2.45) is 0 Å². The molecule has 1 aromatic heterocycles. The number of aryl methyl sites for hydroxylation is 1. The average molecular weight is 342 g/mol. The van der Waals surface area contributed by atoms with Crippen LogP contribution in [-0.4, -0.2) is 12.6 Å². The van der Waals surface area contributed by atoms with E-state index in [0.29, 0.717) is 18.7 Å². The Morgan fingerprint density at radius 1 is 1.17 bits per heavy atom. The lowest BCUT2D eigenvalue weighted by Crippen LogP contribution is -2.36. The zero-order chi connectivity index (χ0) is 16.9. The van der Waals surface area contributed by atoms with Gasteiger partial charge in [0.25, 0.3) is 0 Å². The van der Waals surface area contributed by atoms with Crippen LogP contribution in [0.3, 0.4) is 0 Å². The molecule has 1 heterocycles. The van der Waals surface area contributed by atoms with Crippen LogP contribution in [0, 0.1) is 12.7 Å². The topological polar surface area (TPSA) is 41.1 Å². The lowest BCUT2D eigenvalue weighted by atomic mass is 10.1. The Morgan fingerprint density at radius 3 is 2.83 bits per heavy atom. The van der Waals surface area contributed by atoms with Gasteiger partial charge < -0.3 is 10.6 Å². The van der Waals surface area contributed by atoms with E-state index in [9.17, 15) is 9.18 Å². The van der Waals surface area contributed by atoms with Crippen molar-refractivity contribution in [3.63, 3.8) is 0 Å². The van der Waals surface area contributed by atoms with Crippen molar-refractivity contribution < 1.29 is 9.18 Å². The fourth-order valence-corrected chi connectivity index (χ4v) is 3.53. The number of hydrogen-bond acceptors (Lipinski definition) is 2. The van der Waals surface area contributed by atoms with Gasteiger partial charge in [-0.15, -0.1) is 11.3 Å². The van der Waals surface area contributed by atoms with Crippen LogP contribution in [-0.2, 0) is 13.0 Å². The number of fused-ring (bicyclic) bond motifs is 1. The Balaban J connectivity index is 1.46. The van der Waals surface area contributed by atoms with E-state index in [1.807, 2.05) is 18.2 Å². The zero-order valence-corrected chi connectivity index (χ0v) is 14.3. The predicted octanol–water partition coefficient (Wildman–Crippen LogP) is 4.39. The highest BCUT2D eigenvalue weighted by Gasteiger charge is 2.05. The van der Waals surface area contributed by atoms with Crippen LogP contribution >= 0.6 is 11.3 Å². The predicted molar refractivity (Wildman–Crippen MR) is 96.9 cm³/mol. The number of thiophene rings is 1. The van der Waals surface area contributed by atoms with Gasteiger partial charge >= 0.3 is 6.03 Å². The Bertz CT molecular complexity index is 859. The third-order valence-corrected chi connectivity index (χ3v) is 4.94. The van der Waals surface area contributed by atoms with Crippen LogP contribution < -0.4 is 10.6 Å². The maximum absolute atomic E-state index is 13.5. The van der Waals surface area contributed by atoms with E-state index in [-0.39, 0.29) is 11.8 Å². The SMILES string of the molecule is Cc1ccc(CNC(=O)NCCc2csc3ccccc23)cc1F. The fraction of sp³-hybridized carbons (Fsp3) is 0.211. The van der Waals surface area contributed by atoms with Crippen LogP contribution in [0.5, 0.6) is 0 Å². The van der Waals surface area contributed by atoms with Crippen molar-refractivity contribution in [3.05, 3.63) is 70.4 Å². The van der Waals surface area contributed by atoms with Gasteiger partial charge in [0, 0.05) is 17.8 Å². The van der Waals surface area contributed by atoms with Gasteiger partial charge in [-0.05, 0) is 52.9 Å². The quantitative estimate of drug-likeness (QED) is 0.709. The van der Waals surface area contributed by atoms with Gasteiger partial charge in [0.05, 0.1) is 0 Å². The van der Waals surface area contributed by atoms with Gasteiger partial charge in [-0.25, -0.2) is 9.18 Å². The first-order valence-corrected chi connectivity index (χ1v) is 8.73. The summed E-state index contributed by atoms with van der Waals surface area (Å²) < 4.78 is 14.7. The van der Waals surface area contributed by atoms with E-state index in [0.717, 1.165) is 12.0 Å². The molecular formula is C19H19FN2OS. The second-order valence-corrected chi connectivity index (χ2v) is 6.61. The van der Waals surface area contributed by atoms with Gasteiger partial charge in [-0.3, -0.25) is 0 Å². The van der Waals surface area contributed by atoms with Crippen molar-refractivity contribution in [3.8, 4) is 0 Å². The zero-order valence-electron chi connectivity index (χ0n) is 13.4. The first kappa shape index (κ1) is 16.5. The number of urea groups is 1. The van der Waals surface area contributed by atoms with Crippen molar-refractivity contribution in [1.29, 1.82) is 0 Å². The monoisotopic (exact) mass is 342 g/mol. The van der Waals surface area contributed by atoms with Crippen LogP contribution in [0.25, 0.3) is 10.1 Å². The highest BCUT2D eigenvalue weighted by Crippen LogP contribution is 2.25. The molecule has 5 heteroatoms. The number of hydrogen-bond donors (Lipinski definition) is 2. The highest BCUT2D eigenvalue weighted by molar-refractivity contribution is 7.17. The number of rotatable bonds is 5. The molecule has 24 heavy (non-hydrogen) atoms. The largest absolute Gasteiger partial charge is 0.338 e. The molecule has 0 bridgehead atoms. The number of amides is 2. The Labute approximate surface area is 144 Å². The molecule has 2 N–H and O–H groups in total. The minimum absolute atomic E-state index is 0.240. The lowest BCUT2D eigenvalue weighted by molar-refractivity contribution is 0.240. The minimum Gasteiger partial charge on any atom is -0.338 e. The molecular weight excluding hydrogens is 323 g/mol. The molecule has 3 nitrogen and oxygen atoms in total. The van der Waals surface area contributed by atoms with Crippen LogP contribution in [0.2, 0.25) is 0 Å². The third kappa shape index (κ3) is 3.92. The summed E-state index contributed by atoms with van der Waals surface area (Å²) in [6.45, 7) is 2.59. The Morgan fingerprint density at radius 2 is 2.00 bits per heavy atom. The van der Waals surface area contributed by atoms with Crippen molar-refractivity contribution in [1.82, 2.24) is 10.6 Å². The van der Waals surface area contributed by atoms with Crippen molar-refractivity contribution in [2.75, 3.05) is 6.54 Å². The summed E-state index contributed by atoms with van der Waals surface area (Å²) in [5.41, 5.74) is 2.60. The van der Waals surface area contributed by atoms with Crippen molar-refractivity contribution in [2.45, 2.75) is 19.9 Å². The first-order valence-electron chi connectivity index (χ1n) is 7.85. The first-order chi connectivity index (χ1) is 11.6. The van der Waals surface area contributed by atoms with E-state index in [4.69, 9.17) is 0 Å². The van der Waals surface area contributed by atoms with Crippen LogP contribution in [0.1, 0.15) is 16.7 Å². The van der Waals surface area contributed by atoms with Gasteiger partial charge in [0.2, 0.25) is 0 Å². The molecule has 3 aromatic rings. The summed E-state index contributed by atoms with van der Waals surface area (Å²) in [5, 5.41) is 8.98. The summed E-state index contributed by atoms with van der Waals surface area (Å²) in [4.78, 5) is 11.8. The lowest BCUT2D eigenvalue weighted by Gasteiger charge is -2.08. The standard InChI is InChI=1S/C19H19FN2OS/c1-13-6-7-14(10-17(13)20)11-22-19(23)21-9-8-15-12-24-18-5-3-2-4-16(15)18/h2-7,10,12H,8-9,11H2,1H3,(H2,21,22,23). The summed E-state index contributed by atoms with van der Waals surface area (Å²) in [7, 11) is 0. The maximum atomic E-state index is 13.5. The molecule has 124 valence electrons. The van der Waals surface area contributed by atoms with E-state index < -0.39 is 0 Å². The van der Waals surface area contributed by atoms with Crippen molar-refractivity contribution >= 4 is 27.5 Å². The van der Waals surface area contributed by atoms with Gasteiger partial charge in [-0.1, -0.05) is 30.3 Å². The minimum atomic E-state index is -0.251. The average Bonchev–Trinajstić information content (AvgIpc) is 2.99. The summed E-state index contributed by atoms with van der Waals surface area (Å²) in [6, 6.07) is 13.0. The molecule has 2 aromatic carbocycles. The number of carbonyl (C=O) groups excluding carboxylic acids is 1. The van der Waals surface area contributed by atoms with Crippen LogP contribution in [0.15, 0.2) is 47.8 Å². The Hall–Kier alpha value is -2.40.